The fourth-order valence-electron chi connectivity index (χ4n) is 4.69. The van der Waals surface area contributed by atoms with E-state index in [2.05, 4.69) is 6.92 Å². The summed E-state index contributed by atoms with van der Waals surface area (Å²) in [4.78, 5) is 26.7. The van der Waals surface area contributed by atoms with Gasteiger partial charge in [0.05, 0.1) is 12.0 Å². The lowest BCUT2D eigenvalue weighted by molar-refractivity contribution is -0.157. The average molecular weight is 434 g/mol. The predicted octanol–water partition coefficient (Wildman–Crippen LogP) is 5.72. The van der Waals surface area contributed by atoms with Crippen molar-refractivity contribution in [2.75, 3.05) is 0 Å². The van der Waals surface area contributed by atoms with Crippen LogP contribution >= 0.6 is 23.2 Å². The monoisotopic (exact) mass is 433 g/mol. The second-order valence-electron chi connectivity index (χ2n) is 8.09. The van der Waals surface area contributed by atoms with Crippen LogP contribution in [-0.4, -0.2) is 27.9 Å². The first-order valence-corrected chi connectivity index (χ1v) is 10.5. The predicted molar refractivity (Wildman–Crippen MR) is 115 cm³/mol. The van der Waals surface area contributed by atoms with E-state index in [0.717, 1.165) is 11.1 Å². The number of likely N-dealkylation sites (tertiary alicyclic amines) is 1. The summed E-state index contributed by atoms with van der Waals surface area (Å²) in [5, 5.41) is 10.6. The Morgan fingerprint density at radius 3 is 2.38 bits per heavy atom. The largest absolute Gasteiger partial charge is 0.481 e. The van der Waals surface area contributed by atoms with Crippen molar-refractivity contribution in [1.82, 2.24) is 4.90 Å². The molecule has 3 unspecified atom stereocenters. The second kappa shape index (κ2) is 8.37. The zero-order valence-corrected chi connectivity index (χ0v) is 18.2. The SMILES string of the molecule is CC(C)N1C(=O)C(CC(=O)O)CC(c2cccc(Cl)c2)C1(C)c1ccc(Cl)cc1. The summed E-state index contributed by atoms with van der Waals surface area (Å²) >= 11 is 12.4. The molecule has 0 saturated carbocycles. The molecule has 1 heterocycles. The smallest absolute Gasteiger partial charge is 0.304 e. The van der Waals surface area contributed by atoms with Gasteiger partial charge in [-0.05, 0) is 62.6 Å². The topological polar surface area (TPSA) is 57.6 Å². The van der Waals surface area contributed by atoms with Crippen LogP contribution in [0.1, 0.15) is 50.7 Å². The van der Waals surface area contributed by atoms with E-state index in [0.29, 0.717) is 16.5 Å². The number of carboxylic acid groups (broad SMARTS) is 1. The minimum Gasteiger partial charge on any atom is -0.481 e. The molecule has 1 amide bonds. The number of benzene rings is 2. The lowest BCUT2D eigenvalue weighted by atomic mass is 9.66. The van der Waals surface area contributed by atoms with Crippen LogP contribution in [0, 0.1) is 5.92 Å². The van der Waals surface area contributed by atoms with Crippen molar-refractivity contribution in [3.8, 4) is 0 Å². The number of hydrogen-bond donors (Lipinski definition) is 1. The van der Waals surface area contributed by atoms with Gasteiger partial charge in [-0.3, -0.25) is 9.59 Å². The minimum absolute atomic E-state index is 0.110. The van der Waals surface area contributed by atoms with E-state index < -0.39 is 17.4 Å². The Kier molecular flexibility index (Phi) is 6.25. The first kappa shape index (κ1) is 21.7. The fraction of sp³-hybridized carbons (Fsp3) is 0.391. The molecule has 0 bridgehead atoms. The van der Waals surface area contributed by atoms with Crippen LogP contribution in [0.3, 0.4) is 0 Å². The molecule has 0 aromatic heterocycles. The maximum Gasteiger partial charge on any atom is 0.304 e. The van der Waals surface area contributed by atoms with Crippen LogP contribution in [0.2, 0.25) is 10.0 Å². The third-order valence-electron chi connectivity index (χ3n) is 5.90. The number of piperidine rings is 1. The van der Waals surface area contributed by atoms with Gasteiger partial charge in [0.2, 0.25) is 5.91 Å². The minimum atomic E-state index is -0.966. The highest BCUT2D eigenvalue weighted by Crippen LogP contribution is 2.51. The molecule has 1 N–H and O–H groups in total. The molecule has 2 aromatic carbocycles. The van der Waals surface area contributed by atoms with Gasteiger partial charge in [-0.15, -0.1) is 0 Å². The van der Waals surface area contributed by atoms with Crippen LogP contribution < -0.4 is 0 Å². The number of hydrogen-bond acceptors (Lipinski definition) is 2. The number of carbonyl (C=O) groups excluding carboxylic acids is 1. The van der Waals surface area contributed by atoms with Gasteiger partial charge in [-0.25, -0.2) is 0 Å². The zero-order valence-electron chi connectivity index (χ0n) is 16.7. The zero-order chi connectivity index (χ0) is 21.3. The lowest BCUT2D eigenvalue weighted by Gasteiger charge is -2.54. The molecule has 3 rings (SSSR count). The summed E-state index contributed by atoms with van der Waals surface area (Å²) in [6, 6.07) is 15.0. The Hall–Kier alpha value is -2.04. The van der Waals surface area contributed by atoms with Crippen molar-refractivity contribution < 1.29 is 14.7 Å². The van der Waals surface area contributed by atoms with Crippen molar-refractivity contribution in [3.05, 3.63) is 69.7 Å². The molecule has 2 aromatic rings. The first-order chi connectivity index (χ1) is 13.6. The van der Waals surface area contributed by atoms with E-state index in [1.54, 1.807) is 0 Å². The average Bonchev–Trinajstić information content (AvgIpc) is 2.64. The number of halogens is 2. The van der Waals surface area contributed by atoms with Crippen molar-refractivity contribution >= 4 is 35.1 Å². The molecule has 1 aliphatic rings. The Morgan fingerprint density at radius 2 is 1.83 bits per heavy atom. The summed E-state index contributed by atoms with van der Waals surface area (Å²) in [5.41, 5.74) is 1.28. The van der Waals surface area contributed by atoms with Gasteiger partial charge in [0, 0.05) is 27.9 Å². The van der Waals surface area contributed by atoms with Crippen LogP contribution in [0.25, 0.3) is 0 Å². The Morgan fingerprint density at radius 1 is 1.17 bits per heavy atom. The van der Waals surface area contributed by atoms with E-state index >= 15 is 0 Å². The fourth-order valence-corrected chi connectivity index (χ4v) is 5.02. The van der Waals surface area contributed by atoms with Gasteiger partial charge in [-0.1, -0.05) is 47.5 Å². The molecule has 1 saturated heterocycles. The summed E-state index contributed by atoms with van der Waals surface area (Å²) < 4.78 is 0. The number of amides is 1. The Labute approximate surface area is 181 Å². The molecular formula is C23H25Cl2NO3. The van der Waals surface area contributed by atoms with Crippen LogP contribution in [0.5, 0.6) is 0 Å². The quantitative estimate of drug-likeness (QED) is 0.655. The lowest BCUT2D eigenvalue weighted by Crippen LogP contribution is -2.60. The molecule has 154 valence electrons. The van der Waals surface area contributed by atoms with Gasteiger partial charge >= 0.3 is 5.97 Å². The highest BCUT2D eigenvalue weighted by atomic mass is 35.5. The summed E-state index contributed by atoms with van der Waals surface area (Å²) in [6.07, 6.45) is 0.254. The highest BCUT2D eigenvalue weighted by molar-refractivity contribution is 6.30. The standard InChI is InChI=1S/C23H25Cl2NO3/c1-14(2)26-22(29)16(13-21(27)28)12-20(15-5-4-6-19(25)11-15)23(26,3)17-7-9-18(24)10-8-17/h4-11,14,16,20H,12-13H2,1-3H3,(H,27,28). The third kappa shape index (κ3) is 4.15. The normalized spacial score (nSPS) is 24.8. The molecule has 6 heteroatoms. The summed E-state index contributed by atoms with van der Waals surface area (Å²) in [7, 11) is 0. The number of carbonyl (C=O) groups is 2. The number of aliphatic carboxylic acids is 1. The van der Waals surface area contributed by atoms with Crippen molar-refractivity contribution in [1.29, 1.82) is 0 Å². The number of carboxylic acids is 1. The van der Waals surface area contributed by atoms with E-state index in [1.807, 2.05) is 67.3 Å². The van der Waals surface area contributed by atoms with Crippen LogP contribution in [-0.2, 0) is 15.1 Å². The van der Waals surface area contributed by atoms with Crippen molar-refractivity contribution in [2.45, 2.75) is 51.1 Å². The van der Waals surface area contributed by atoms with E-state index in [1.165, 1.54) is 0 Å². The summed E-state index contributed by atoms with van der Waals surface area (Å²) in [5.74, 6) is -1.80. The van der Waals surface area contributed by atoms with Gasteiger partial charge in [0.25, 0.3) is 0 Å². The molecule has 3 atom stereocenters. The molecule has 0 radical (unpaired) electrons. The highest BCUT2D eigenvalue weighted by Gasteiger charge is 2.52. The van der Waals surface area contributed by atoms with E-state index in [4.69, 9.17) is 23.2 Å². The number of nitrogens with zero attached hydrogens (tertiary/aromatic N) is 1. The van der Waals surface area contributed by atoms with Crippen molar-refractivity contribution in [2.24, 2.45) is 5.92 Å². The third-order valence-corrected chi connectivity index (χ3v) is 6.39. The van der Waals surface area contributed by atoms with Gasteiger partial charge in [0.1, 0.15) is 0 Å². The molecule has 1 aliphatic heterocycles. The van der Waals surface area contributed by atoms with Gasteiger partial charge in [0.15, 0.2) is 0 Å². The van der Waals surface area contributed by atoms with E-state index in [9.17, 15) is 14.7 Å². The Bertz CT molecular complexity index is 913. The van der Waals surface area contributed by atoms with Gasteiger partial charge < -0.3 is 10.0 Å². The van der Waals surface area contributed by atoms with E-state index in [-0.39, 0.29) is 24.3 Å². The molecule has 1 fully saturated rings. The maximum atomic E-state index is 13.4. The Balaban J connectivity index is 2.21. The number of rotatable bonds is 5. The first-order valence-electron chi connectivity index (χ1n) is 9.71. The molecule has 4 nitrogen and oxygen atoms in total. The van der Waals surface area contributed by atoms with Crippen LogP contribution in [0.4, 0.5) is 0 Å². The molecule has 0 aliphatic carbocycles. The second-order valence-corrected chi connectivity index (χ2v) is 8.97. The molecular weight excluding hydrogens is 409 g/mol. The van der Waals surface area contributed by atoms with Crippen LogP contribution in [0.15, 0.2) is 48.5 Å². The summed E-state index contributed by atoms with van der Waals surface area (Å²) in [6.45, 7) is 5.98. The molecule has 0 spiro atoms. The van der Waals surface area contributed by atoms with Gasteiger partial charge in [-0.2, -0.15) is 0 Å². The van der Waals surface area contributed by atoms with Crippen molar-refractivity contribution in [3.63, 3.8) is 0 Å². The molecule has 29 heavy (non-hydrogen) atoms. The maximum absolute atomic E-state index is 13.4.